The van der Waals surface area contributed by atoms with Crippen LogP contribution in [0.1, 0.15) is 11.4 Å². The van der Waals surface area contributed by atoms with Gasteiger partial charge in [-0.05, 0) is 18.2 Å². The molecule has 5 heteroatoms. The molecule has 0 spiro atoms. The van der Waals surface area contributed by atoms with E-state index in [1.165, 1.54) is 0 Å². The van der Waals surface area contributed by atoms with E-state index in [4.69, 9.17) is 14.5 Å². The summed E-state index contributed by atoms with van der Waals surface area (Å²) in [5, 5.41) is 0. The Morgan fingerprint density at radius 2 is 1.95 bits per heavy atom. The third kappa shape index (κ3) is 2.80. The average molecular weight is 297 g/mol. The van der Waals surface area contributed by atoms with Crippen LogP contribution in [-0.4, -0.2) is 35.4 Å². The third-order valence-corrected chi connectivity index (χ3v) is 3.64. The van der Waals surface area contributed by atoms with Gasteiger partial charge in [-0.25, -0.2) is 9.97 Å². The molecule has 1 aromatic carbocycles. The molecular weight excluding hydrogens is 278 g/mol. The maximum absolute atomic E-state index is 5.44. The van der Waals surface area contributed by atoms with Crippen molar-refractivity contribution >= 4 is 11.2 Å². The zero-order valence-corrected chi connectivity index (χ0v) is 12.8. The van der Waals surface area contributed by atoms with Gasteiger partial charge in [0.1, 0.15) is 17.1 Å². The number of nitrogens with zero attached hydrogens (tertiary/aromatic N) is 3. The number of ether oxygens (including phenoxy) is 2. The van der Waals surface area contributed by atoms with Crippen molar-refractivity contribution in [2.75, 3.05) is 20.8 Å². The van der Waals surface area contributed by atoms with Crippen LogP contribution < -0.4 is 4.74 Å². The number of imidazole rings is 1. The van der Waals surface area contributed by atoms with Crippen molar-refractivity contribution < 1.29 is 9.47 Å². The number of para-hydroxylation sites is 1. The molecule has 2 heterocycles. The summed E-state index contributed by atoms with van der Waals surface area (Å²) in [5.74, 6) is 1.84. The molecule has 2 aromatic heterocycles. The van der Waals surface area contributed by atoms with Crippen LogP contribution in [0.4, 0.5) is 0 Å². The molecule has 0 amide bonds. The van der Waals surface area contributed by atoms with Crippen molar-refractivity contribution in [2.45, 2.75) is 13.0 Å². The highest BCUT2D eigenvalue weighted by Crippen LogP contribution is 2.22. The van der Waals surface area contributed by atoms with Crippen LogP contribution >= 0.6 is 0 Å². The zero-order chi connectivity index (χ0) is 15.4. The molecule has 0 unspecified atom stereocenters. The van der Waals surface area contributed by atoms with Gasteiger partial charge in [-0.15, -0.1) is 0 Å². The topological polar surface area (TPSA) is 49.2 Å². The van der Waals surface area contributed by atoms with Crippen LogP contribution in [0.3, 0.4) is 0 Å². The van der Waals surface area contributed by atoms with Crippen molar-refractivity contribution in [1.82, 2.24) is 14.5 Å². The van der Waals surface area contributed by atoms with E-state index in [9.17, 15) is 0 Å². The van der Waals surface area contributed by atoms with E-state index in [2.05, 4.69) is 15.6 Å². The molecule has 0 aliphatic heterocycles. The Balaban J connectivity index is 2.02. The van der Waals surface area contributed by atoms with Crippen LogP contribution in [0.15, 0.2) is 42.6 Å². The standard InChI is InChI=1S/C17H19N3O2/c1-21-11-10-20-16(19-14-7-5-9-18-17(14)20)12-13-6-3-4-8-15(13)22-2/h3-9H,10-12H2,1-2H3. The van der Waals surface area contributed by atoms with E-state index in [0.29, 0.717) is 13.0 Å². The minimum Gasteiger partial charge on any atom is -0.496 e. The van der Waals surface area contributed by atoms with Gasteiger partial charge in [-0.1, -0.05) is 18.2 Å². The minimum atomic E-state index is 0.626. The van der Waals surface area contributed by atoms with Crippen molar-refractivity contribution in [2.24, 2.45) is 0 Å². The summed E-state index contributed by atoms with van der Waals surface area (Å²) in [6.45, 7) is 1.36. The van der Waals surface area contributed by atoms with Gasteiger partial charge in [0.15, 0.2) is 5.65 Å². The largest absolute Gasteiger partial charge is 0.496 e. The van der Waals surface area contributed by atoms with Gasteiger partial charge in [0.25, 0.3) is 0 Å². The Kier molecular flexibility index (Phi) is 4.34. The van der Waals surface area contributed by atoms with Crippen LogP contribution in [0, 0.1) is 0 Å². The second-order valence-electron chi connectivity index (χ2n) is 5.01. The third-order valence-electron chi connectivity index (χ3n) is 3.64. The lowest BCUT2D eigenvalue weighted by Crippen LogP contribution is -2.09. The Morgan fingerprint density at radius 1 is 1.09 bits per heavy atom. The van der Waals surface area contributed by atoms with Crippen LogP contribution in [0.5, 0.6) is 5.75 Å². The Bertz CT molecular complexity index is 767. The maximum Gasteiger partial charge on any atom is 0.160 e. The van der Waals surface area contributed by atoms with Crippen LogP contribution in [0.25, 0.3) is 11.2 Å². The number of rotatable bonds is 6. The number of benzene rings is 1. The lowest BCUT2D eigenvalue weighted by atomic mass is 10.1. The van der Waals surface area contributed by atoms with Crippen molar-refractivity contribution in [3.8, 4) is 5.75 Å². The summed E-state index contributed by atoms with van der Waals surface area (Å²) < 4.78 is 12.8. The molecule has 114 valence electrons. The molecule has 0 radical (unpaired) electrons. The van der Waals surface area contributed by atoms with Gasteiger partial charge < -0.3 is 14.0 Å². The van der Waals surface area contributed by atoms with E-state index in [1.807, 2.05) is 30.3 Å². The van der Waals surface area contributed by atoms with Crippen molar-refractivity contribution in [3.05, 3.63) is 54.0 Å². The fourth-order valence-corrected chi connectivity index (χ4v) is 2.58. The Morgan fingerprint density at radius 3 is 2.77 bits per heavy atom. The fraction of sp³-hybridized carbons (Fsp3) is 0.294. The summed E-state index contributed by atoms with van der Waals surface area (Å²) in [6.07, 6.45) is 2.49. The van der Waals surface area contributed by atoms with Crippen molar-refractivity contribution in [1.29, 1.82) is 0 Å². The summed E-state index contributed by atoms with van der Waals surface area (Å²) in [7, 11) is 3.39. The second-order valence-corrected chi connectivity index (χ2v) is 5.01. The zero-order valence-electron chi connectivity index (χ0n) is 12.8. The van der Waals surface area contributed by atoms with Gasteiger partial charge in [0.05, 0.1) is 13.7 Å². The predicted molar refractivity (Wildman–Crippen MR) is 85.2 cm³/mol. The quantitative estimate of drug-likeness (QED) is 0.702. The highest BCUT2D eigenvalue weighted by Gasteiger charge is 2.13. The van der Waals surface area contributed by atoms with E-state index in [0.717, 1.165) is 34.8 Å². The monoisotopic (exact) mass is 297 g/mol. The van der Waals surface area contributed by atoms with Crippen LogP contribution in [0.2, 0.25) is 0 Å². The fourth-order valence-electron chi connectivity index (χ4n) is 2.58. The molecule has 3 aromatic rings. The molecule has 0 saturated carbocycles. The van der Waals surface area contributed by atoms with E-state index < -0.39 is 0 Å². The number of methoxy groups -OCH3 is 2. The molecule has 0 aliphatic rings. The van der Waals surface area contributed by atoms with Crippen molar-refractivity contribution in [3.63, 3.8) is 0 Å². The molecule has 0 saturated heterocycles. The van der Waals surface area contributed by atoms with Gasteiger partial charge in [-0.2, -0.15) is 0 Å². The van der Waals surface area contributed by atoms with Gasteiger partial charge >= 0.3 is 0 Å². The lowest BCUT2D eigenvalue weighted by molar-refractivity contribution is 0.187. The number of hydrogen-bond donors (Lipinski definition) is 0. The van der Waals surface area contributed by atoms with Crippen LogP contribution in [-0.2, 0) is 17.7 Å². The minimum absolute atomic E-state index is 0.626. The molecular formula is C17H19N3O2. The van der Waals surface area contributed by atoms with E-state index in [1.54, 1.807) is 20.4 Å². The van der Waals surface area contributed by atoms with Gasteiger partial charge in [0.2, 0.25) is 0 Å². The number of pyridine rings is 1. The molecule has 0 fully saturated rings. The molecule has 22 heavy (non-hydrogen) atoms. The summed E-state index contributed by atoms with van der Waals surface area (Å²) in [6, 6.07) is 11.9. The van der Waals surface area contributed by atoms with Gasteiger partial charge in [0, 0.05) is 31.8 Å². The molecule has 0 bridgehead atoms. The average Bonchev–Trinajstić information content (AvgIpc) is 2.90. The second kappa shape index (κ2) is 6.58. The highest BCUT2D eigenvalue weighted by molar-refractivity contribution is 5.71. The summed E-state index contributed by atoms with van der Waals surface area (Å²) in [4.78, 5) is 9.18. The summed E-state index contributed by atoms with van der Waals surface area (Å²) >= 11 is 0. The predicted octanol–water partition coefficient (Wildman–Crippen LogP) is 2.68. The molecule has 0 N–H and O–H groups in total. The highest BCUT2D eigenvalue weighted by atomic mass is 16.5. The number of aromatic nitrogens is 3. The molecule has 0 aliphatic carbocycles. The normalized spacial score (nSPS) is 11.0. The first-order chi connectivity index (χ1) is 10.8. The summed E-state index contributed by atoms with van der Waals surface area (Å²) in [5.41, 5.74) is 2.91. The number of fused-ring (bicyclic) bond motifs is 1. The van der Waals surface area contributed by atoms with E-state index >= 15 is 0 Å². The SMILES string of the molecule is COCCn1c(Cc2ccccc2OC)nc2cccnc21. The Labute approximate surface area is 129 Å². The Hall–Kier alpha value is -2.40. The maximum atomic E-state index is 5.44. The smallest absolute Gasteiger partial charge is 0.160 e. The van der Waals surface area contributed by atoms with Gasteiger partial charge in [-0.3, -0.25) is 0 Å². The molecule has 0 atom stereocenters. The first-order valence-corrected chi connectivity index (χ1v) is 7.24. The lowest BCUT2D eigenvalue weighted by Gasteiger charge is -2.10. The first kappa shape index (κ1) is 14.5. The first-order valence-electron chi connectivity index (χ1n) is 7.24. The van der Waals surface area contributed by atoms with E-state index in [-0.39, 0.29) is 0 Å². The number of hydrogen-bond acceptors (Lipinski definition) is 4. The molecule has 3 rings (SSSR count). The molecule has 5 nitrogen and oxygen atoms in total.